The number of carbonyl (C=O) groups is 1. The Morgan fingerprint density at radius 1 is 1.29 bits per heavy atom. The van der Waals surface area contributed by atoms with Gasteiger partial charge in [0, 0.05) is 13.1 Å². The van der Waals surface area contributed by atoms with E-state index in [1.165, 1.54) is 16.8 Å². The average Bonchev–Trinajstić information content (AvgIpc) is 2.97. The van der Waals surface area contributed by atoms with Gasteiger partial charge in [-0.15, -0.1) is 5.10 Å². The van der Waals surface area contributed by atoms with Crippen LogP contribution in [0.15, 0.2) is 24.3 Å². The van der Waals surface area contributed by atoms with Crippen molar-refractivity contribution < 1.29 is 14.0 Å². The zero-order valence-electron chi connectivity index (χ0n) is 13.7. The molecule has 128 valence electrons. The van der Waals surface area contributed by atoms with Crippen LogP contribution in [-0.4, -0.2) is 51.8 Å². The summed E-state index contributed by atoms with van der Waals surface area (Å²) in [6, 6.07) is 5.82. The Morgan fingerprint density at radius 3 is 2.62 bits per heavy atom. The minimum absolute atomic E-state index is 0.00503. The monoisotopic (exact) mass is 333 g/mol. The molecule has 3 rings (SSSR count). The van der Waals surface area contributed by atoms with E-state index in [4.69, 9.17) is 4.84 Å². The minimum atomic E-state index is -0.488. The fourth-order valence-electron chi connectivity index (χ4n) is 2.60. The van der Waals surface area contributed by atoms with Crippen LogP contribution in [0.1, 0.15) is 29.3 Å². The first kappa shape index (κ1) is 16.5. The number of hydrogen-bond donors (Lipinski definition) is 1. The molecular formula is C16H20FN5O2. The van der Waals surface area contributed by atoms with E-state index in [9.17, 15) is 9.18 Å². The lowest BCUT2D eigenvalue weighted by molar-refractivity contribution is -0.0404. The molecule has 0 unspecified atom stereocenters. The van der Waals surface area contributed by atoms with Crippen LogP contribution in [0.5, 0.6) is 0 Å². The fraction of sp³-hybridized carbons (Fsp3) is 0.438. The van der Waals surface area contributed by atoms with Crippen molar-refractivity contribution in [3.05, 3.63) is 41.7 Å². The van der Waals surface area contributed by atoms with E-state index in [1.54, 1.807) is 19.1 Å². The highest BCUT2D eigenvalue weighted by Gasteiger charge is 2.20. The second-order valence-electron chi connectivity index (χ2n) is 5.92. The number of nitrogens with one attached hydrogen (secondary N) is 1. The lowest BCUT2D eigenvalue weighted by Crippen LogP contribution is -2.38. The normalized spacial score (nSPS) is 16.3. The molecular weight excluding hydrogens is 313 g/mol. The number of amides is 1. The van der Waals surface area contributed by atoms with Crippen LogP contribution < -0.4 is 5.48 Å². The number of likely N-dealkylation sites (tertiary alicyclic amines) is 1. The largest absolute Gasteiger partial charge is 0.314 e. The number of nitrogens with zero attached hydrogens (tertiary/aromatic N) is 4. The smallest absolute Gasteiger partial charge is 0.306 e. The molecule has 1 saturated heterocycles. The number of carbonyl (C=O) groups excluding carboxylic acids is 1. The maximum Gasteiger partial charge on any atom is 0.314 e. The van der Waals surface area contributed by atoms with Crippen molar-refractivity contribution >= 4 is 5.91 Å². The van der Waals surface area contributed by atoms with Gasteiger partial charge in [-0.25, -0.2) is 19.5 Å². The van der Waals surface area contributed by atoms with Crippen LogP contribution in [0.2, 0.25) is 0 Å². The van der Waals surface area contributed by atoms with Gasteiger partial charge in [0.1, 0.15) is 11.6 Å². The molecule has 2 heterocycles. The highest BCUT2D eigenvalue weighted by Crippen LogP contribution is 2.12. The van der Waals surface area contributed by atoms with E-state index in [1.807, 2.05) is 0 Å². The van der Waals surface area contributed by atoms with Gasteiger partial charge >= 0.3 is 5.91 Å². The number of hydrogen-bond acceptors (Lipinski definition) is 5. The Morgan fingerprint density at radius 2 is 1.96 bits per heavy atom. The molecule has 1 fully saturated rings. The minimum Gasteiger partial charge on any atom is -0.306 e. The van der Waals surface area contributed by atoms with Gasteiger partial charge in [-0.05, 0) is 51.1 Å². The van der Waals surface area contributed by atoms with Gasteiger partial charge in [0.15, 0.2) is 0 Å². The molecule has 1 aliphatic rings. The molecule has 1 aromatic carbocycles. The molecule has 0 atom stereocenters. The van der Waals surface area contributed by atoms with E-state index in [2.05, 4.69) is 27.5 Å². The number of benzene rings is 1. The SMILES string of the molecule is Cc1nc(C(=O)NOC2CCN(C)CC2)nn1-c1ccc(F)cc1. The molecule has 1 aliphatic heterocycles. The van der Waals surface area contributed by atoms with Gasteiger partial charge < -0.3 is 4.90 Å². The third kappa shape index (κ3) is 3.77. The fourth-order valence-corrected chi connectivity index (χ4v) is 2.60. The number of piperidine rings is 1. The maximum absolute atomic E-state index is 13.0. The van der Waals surface area contributed by atoms with Crippen LogP contribution in [0.25, 0.3) is 5.69 Å². The molecule has 2 aromatic rings. The van der Waals surface area contributed by atoms with Gasteiger partial charge in [-0.2, -0.15) is 0 Å². The first-order chi connectivity index (χ1) is 11.5. The van der Waals surface area contributed by atoms with Crippen LogP contribution >= 0.6 is 0 Å². The zero-order valence-corrected chi connectivity index (χ0v) is 13.7. The number of halogens is 1. The summed E-state index contributed by atoms with van der Waals surface area (Å²) in [7, 11) is 2.06. The van der Waals surface area contributed by atoms with Crippen molar-refractivity contribution in [2.75, 3.05) is 20.1 Å². The molecule has 1 N–H and O–H groups in total. The summed E-state index contributed by atoms with van der Waals surface area (Å²) in [5.41, 5.74) is 3.06. The van der Waals surface area contributed by atoms with Crippen LogP contribution in [0.4, 0.5) is 4.39 Å². The third-order valence-corrected chi connectivity index (χ3v) is 4.03. The Labute approximate surface area is 139 Å². The average molecular weight is 333 g/mol. The number of aryl methyl sites for hydroxylation is 1. The lowest BCUT2D eigenvalue weighted by atomic mass is 10.1. The van der Waals surface area contributed by atoms with E-state index in [0.29, 0.717) is 11.5 Å². The molecule has 0 spiro atoms. The summed E-state index contributed by atoms with van der Waals surface area (Å²) in [6.07, 6.45) is 1.74. The number of aromatic nitrogens is 3. The predicted molar refractivity (Wildman–Crippen MR) is 85.1 cm³/mol. The van der Waals surface area contributed by atoms with Crippen molar-refractivity contribution in [2.24, 2.45) is 0 Å². The molecule has 1 amide bonds. The zero-order chi connectivity index (χ0) is 17.1. The van der Waals surface area contributed by atoms with Crippen molar-refractivity contribution in [2.45, 2.75) is 25.9 Å². The number of rotatable bonds is 4. The van der Waals surface area contributed by atoms with E-state index in [0.717, 1.165) is 25.9 Å². The first-order valence-electron chi connectivity index (χ1n) is 7.87. The summed E-state index contributed by atoms with van der Waals surface area (Å²) in [6.45, 7) is 3.61. The lowest BCUT2D eigenvalue weighted by Gasteiger charge is -2.28. The van der Waals surface area contributed by atoms with E-state index < -0.39 is 5.91 Å². The molecule has 7 nitrogen and oxygen atoms in total. The van der Waals surface area contributed by atoms with Gasteiger partial charge in [0.2, 0.25) is 5.82 Å². The van der Waals surface area contributed by atoms with Crippen LogP contribution in [0.3, 0.4) is 0 Å². The molecule has 0 radical (unpaired) electrons. The van der Waals surface area contributed by atoms with Gasteiger partial charge in [0.25, 0.3) is 0 Å². The standard InChI is InChI=1S/C16H20FN5O2/c1-11-18-15(19-22(11)13-5-3-12(17)4-6-13)16(23)20-24-14-7-9-21(2)10-8-14/h3-6,14H,7-10H2,1-2H3,(H,20,23). The van der Waals surface area contributed by atoms with Crippen LogP contribution in [-0.2, 0) is 4.84 Å². The molecule has 8 heteroatoms. The Balaban J connectivity index is 1.63. The van der Waals surface area contributed by atoms with E-state index >= 15 is 0 Å². The highest BCUT2D eigenvalue weighted by molar-refractivity contribution is 5.89. The van der Waals surface area contributed by atoms with Gasteiger partial charge in [0.05, 0.1) is 11.8 Å². The molecule has 0 aliphatic carbocycles. The first-order valence-corrected chi connectivity index (χ1v) is 7.87. The molecule has 0 bridgehead atoms. The molecule has 24 heavy (non-hydrogen) atoms. The Bertz CT molecular complexity index is 708. The quantitative estimate of drug-likeness (QED) is 0.858. The van der Waals surface area contributed by atoms with E-state index in [-0.39, 0.29) is 17.7 Å². The van der Waals surface area contributed by atoms with Crippen LogP contribution in [0, 0.1) is 12.7 Å². The number of hydroxylamine groups is 1. The van der Waals surface area contributed by atoms with Crippen molar-refractivity contribution in [1.29, 1.82) is 0 Å². The summed E-state index contributed by atoms with van der Waals surface area (Å²) in [5, 5.41) is 4.17. The summed E-state index contributed by atoms with van der Waals surface area (Å²) >= 11 is 0. The Kier molecular flexibility index (Phi) is 4.86. The van der Waals surface area contributed by atoms with Crippen molar-refractivity contribution in [1.82, 2.24) is 25.1 Å². The Hall–Kier alpha value is -2.32. The third-order valence-electron chi connectivity index (χ3n) is 4.03. The van der Waals surface area contributed by atoms with Gasteiger partial charge in [-0.3, -0.25) is 9.63 Å². The van der Waals surface area contributed by atoms with Crippen molar-refractivity contribution in [3.8, 4) is 5.69 Å². The van der Waals surface area contributed by atoms with Gasteiger partial charge in [-0.1, -0.05) is 0 Å². The maximum atomic E-state index is 13.0. The summed E-state index contributed by atoms with van der Waals surface area (Å²) in [4.78, 5) is 24.0. The highest BCUT2D eigenvalue weighted by atomic mass is 19.1. The topological polar surface area (TPSA) is 72.3 Å². The second kappa shape index (κ2) is 7.06. The summed E-state index contributed by atoms with van der Waals surface area (Å²) < 4.78 is 14.5. The summed E-state index contributed by atoms with van der Waals surface area (Å²) in [5.74, 6) is -0.269. The molecule has 1 aromatic heterocycles. The van der Waals surface area contributed by atoms with Crippen molar-refractivity contribution in [3.63, 3.8) is 0 Å². The molecule has 0 saturated carbocycles. The second-order valence-corrected chi connectivity index (χ2v) is 5.92. The predicted octanol–water partition coefficient (Wildman–Crippen LogP) is 1.47.